The monoisotopic (exact) mass is 536 g/mol. The Labute approximate surface area is 187 Å². The van der Waals surface area contributed by atoms with Crippen molar-refractivity contribution in [2.45, 2.75) is 13.1 Å². The maximum absolute atomic E-state index is 14.4. The van der Waals surface area contributed by atoms with E-state index in [9.17, 15) is 19.4 Å². The van der Waals surface area contributed by atoms with Gasteiger partial charge in [0.25, 0.3) is 5.91 Å². The zero-order chi connectivity index (χ0) is 21.0. The Hall–Kier alpha value is -2.86. The van der Waals surface area contributed by atoms with Gasteiger partial charge in [-0.3, -0.25) is 9.78 Å². The molecule has 0 radical (unpaired) electrons. The number of halogens is 2. The van der Waals surface area contributed by atoms with Gasteiger partial charge in [-0.05, 0) is 52.9 Å². The molecule has 0 unspecified atom stereocenters. The number of carbonyl (C=O) groups excluding carboxylic acids is 1. The quantitative estimate of drug-likeness (QED) is 0.285. The molecule has 1 aliphatic rings. The minimum Gasteiger partial charge on any atom is -0.494 e. The summed E-state index contributed by atoms with van der Waals surface area (Å²) in [5, 5.41) is 24.1. The topological polar surface area (TPSA) is 101 Å². The summed E-state index contributed by atoms with van der Waals surface area (Å²) in [6.45, 7) is 0.317. The summed E-state index contributed by atoms with van der Waals surface area (Å²) < 4.78 is 15.2. The van der Waals surface area contributed by atoms with E-state index in [0.717, 1.165) is 3.57 Å². The van der Waals surface area contributed by atoms with Crippen molar-refractivity contribution < 1.29 is 19.4 Å². The molecule has 0 saturated carbocycles. The number of H-pyrrole nitrogens is 1. The molecule has 0 fully saturated rings. The Morgan fingerprint density at radius 2 is 1.97 bits per heavy atom. The van der Waals surface area contributed by atoms with E-state index in [1.807, 2.05) is 22.6 Å². The van der Waals surface area contributed by atoms with Gasteiger partial charge in [0.05, 0.1) is 24.3 Å². The molecule has 4 heterocycles. The normalized spacial score (nSPS) is 13.1. The molecule has 7 nitrogen and oxygen atoms in total. The second-order valence-corrected chi connectivity index (χ2v) is 9.10. The van der Waals surface area contributed by atoms with Gasteiger partial charge in [0, 0.05) is 26.3 Å². The van der Waals surface area contributed by atoms with E-state index in [0.29, 0.717) is 31.9 Å². The highest BCUT2D eigenvalue weighted by atomic mass is 127. The summed E-state index contributed by atoms with van der Waals surface area (Å²) in [5.74, 6) is -1.00. The molecular formula is C20H14FIN4O3S. The molecule has 0 atom stereocenters. The fraction of sp³-hybridized carbons (Fsp3) is 0.100. The van der Waals surface area contributed by atoms with Crippen LogP contribution in [0.2, 0.25) is 0 Å². The standard InChI is InChI=1S/C20H14FIN4O3S/c21-13-6-9(22)3-4-14(13)24-19-15(10-2-1-5-23-18(10)30-19)20(29)26-7-11-12(8-26)17(28)25-16(11)27/h1-6,24-25,27-28H,7-8H2. The van der Waals surface area contributed by atoms with Crippen LogP contribution in [-0.4, -0.2) is 31.0 Å². The van der Waals surface area contributed by atoms with Crippen LogP contribution >= 0.6 is 33.9 Å². The van der Waals surface area contributed by atoms with Crippen LogP contribution in [-0.2, 0) is 13.1 Å². The van der Waals surface area contributed by atoms with Crippen molar-refractivity contribution in [2.24, 2.45) is 0 Å². The molecule has 30 heavy (non-hydrogen) atoms. The molecule has 0 saturated heterocycles. The fourth-order valence-corrected chi connectivity index (χ4v) is 5.08. The zero-order valence-corrected chi connectivity index (χ0v) is 18.2. The number of carbonyl (C=O) groups is 1. The number of hydrogen-bond acceptors (Lipinski definition) is 6. The van der Waals surface area contributed by atoms with E-state index in [1.54, 1.807) is 30.5 Å². The van der Waals surface area contributed by atoms with Gasteiger partial charge in [-0.2, -0.15) is 0 Å². The highest BCUT2D eigenvalue weighted by Crippen LogP contribution is 2.41. The number of thiophene rings is 1. The Morgan fingerprint density at radius 1 is 1.23 bits per heavy atom. The highest BCUT2D eigenvalue weighted by molar-refractivity contribution is 14.1. The zero-order valence-electron chi connectivity index (χ0n) is 15.2. The van der Waals surface area contributed by atoms with Crippen LogP contribution in [0.5, 0.6) is 11.8 Å². The summed E-state index contributed by atoms with van der Waals surface area (Å²) in [6, 6.07) is 8.36. The van der Waals surface area contributed by atoms with Gasteiger partial charge in [0.15, 0.2) is 11.8 Å². The Morgan fingerprint density at radius 3 is 2.67 bits per heavy atom. The largest absolute Gasteiger partial charge is 0.494 e. The number of benzene rings is 1. The second kappa shape index (κ2) is 7.13. The third kappa shape index (κ3) is 3.06. The molecule has 5 rings (SSSR count). The van der Waals surface area contributed by atoms with E-state index in [1.165, 1.54) is 22.3 Å². The van der Waals surface area contributed by atoms with Gasteiger partial charge in [-0.25, -0.2) is 9.37 Å². The Bertz CT molecular complexity index is 1290. The molecule has 0 spiro atoms. The van der Waals surface area contributed by atoms with Crippen LogP contribution in [0.15, 0.2) is 36.5 Å². The maximum atomic E-state index is 14.4. The molecule has 10 heteroatoms. The lowest BCUT2D eigenvalue weighted by molar-refractivity contribution is 0.0753. The summed E-state index contributed by atoms with van der Waals surface area (Å²) in [4.78, 5) is 22.4. The van der Waals surface area contributed by atoms with Crippen LogP contribution in [0, 0.1) is 9.39 Å². The number of aromatic hydroxyl groups is 2. The van der Waals surface area contributed by atoms with Gasteiger partial charge < -0.3 is 20.4 Å². The SMILES string of the molecule is O=C(c1c(Nc2ccc(I)cc2F)sc2ncccc12)N1Cc2c(O)[nH]c(O)c2C1. The van der Waals surface area contributed by atoms with Gasteiger partial charge in [-0.1, -0.05) is 11.3 Å². The van der Waals surface area contributed by atoms with E-state index >= 15 is 0 Å². The van der Waals surface area contributed by atoms with Crippen molar-refractivity contribution >= 4 is 60.7 Å². The number of amides is 1. The van der Waals surface area contributed by atoms with Crippen LogP contribution in [0.1, 0.15) is 21.5 Å². The first-order valence-corrected chi connectivity index (χ1v) is 10.8. The minimum absolute atomic E-state index is 0.144. The smallest absolute Gasteiger partial charge is 0.258 e. The summed E-state index contributed by atoms with van der Waals surface area (Å²) in [5.41, 5.74) is 1.64. The lowest BCUT2D eigenvalue weighted by Gasteiger charge is -2.17. The third-order valence-electron chi connectivity index (χ3n) is 5.02. The van der Waals surface area contributed by atoms with Crippen LogP contribution in [0.3, 0.4) is 0 Å². The average Bonchev–Trinajstić information content (AvgIpc) is 3.37. The van der Waals surface area contributed by atoms with Crippen molar-refractivity contribution in [3.05, 3.63) is 62.6 Å². The van der Waals surface area contributed by atoms with E-state index < -0.39 is 5.82 Å². The van der Waals surface area contributed by atoms with Crippen molar-refractivity contribution in [1.29, 1.82) is 0 Å². The van der Waals surface area contributed by atoms with Crippen LogP contribution in [0.25, 0.3) is 10.2 Å². The van der Waals surface area contributed by atoms with Gasteiger partial charge in [0.1, 0.15) is 15.6 Å². The number of hydrogen-bond donors (Lipinski definition) is 4. The first kappa shape index (κ1) is 19.1. The lowest BCUT2D eigenvalue weighted by atomic mass is 10.1. The molecule has 3 aromatic heterocycles. The number of anilines is 2. The van der Waals surface area contributed by atoms with Crippen molar-refractivity contribution in [3.8, 4) is 11.8 Å². The molecule has 1 amide bonds. The van der Waals surface area contributed by atoms with Gasteiger partial charge in [0.2, 0.25) is 0 Å². The first-order chi connectivity index (χ1) is 14.4. The molecule has 0 bridgehead atoms. The molecule has 1 aromatic carbocycles. The minimum atomic E-state index is -0.419. The van der Waals surface area contributed by atoms with Gasteiger partial charge >= 0.3 is 0 Å². The van der Waals surface area contributed by atoms with Crippen LogP contribution in [0.4, 0.5) is 15.1 Å². The lowest BCUT2D eigenvalue weighted by Crippen LogP contribution is -2.26. The van der Waals surface area contributed by atoms with Crippen molar-refractivity contribution in [3.63, 3.8) is 0 Å². The summed E-state index contributed by atoms with van der Waals surface area (Å²) in [6.07, 6.45) is 1.64. The van der Waals surface area contributed by atoms with Crippen molar-refractivity contribution in [1.82, 2.24) is 14.9 Å². The molecule has 4 aromatic rings. The first-order valence-electron chi connectivity index (χ1n) is 8.93. The summed E-state index contributed by atoms with van der Waals surface area (Å²) in [7, 11) is 0. The third-order valence-corrected chi connectivity index (χ3v) is 6.72. The Balaban J connectivity index is 1.55. The molecular weight excluding hydrogens is 522 g/mol. The van der Waals surface area contributed by atoms with E-state index in [-0.39, 0.29) is 36.4 Å². The number of nitrogens with zero attached hydrogens (tertiary/aromatic N) is 2. The van der Waals surface area contributed by atoms with Crippen LogP contribution < -0.4 is 5.32 Å². The maximum Gasteiger partial charge on any atom is 0.258 e. The number of aromatic nitrogens is 2. The predicted molar refractivity (Wildman–Crippen MR) is 120 cm³/mol. The molecule has 0 aliphatic carbocycles. The fourth-order valence-electron chi connectivity index (χ4n) is 3.57. The average molecular weight is 536 g/mol. The number of rotatable bonds is 3. The number of fused-ring (bicyclic) bond motifs is 2. The number of pyridine rings is 1. The van der Waals surface area contributed by atoms with E-state index in [4.69, 9.17) is 0 Å². The van der Waals surface area contributed by atoms with Crippen molar-refractivity contribution in [2.75, 3.05) is 5.32 Å². The molecule has 152 valence electrons. The number of nitrogens with one attached hydrogen (secondary N) is 2. The van der Waals surface area contributed by atoms with E-state index in [2.05, 4.69) is 15.3 Å². The molecule has 4 N–H and O–H groups in total. The molecule has 1 aliphatic heterocycles. The Kier molecular flexibility index (Phi) is 4.54. The second-order valence-electron chi connectivity index (χ2n) is 6.85. The highest BCUT2D eigenvalue weighted by Gasteiger charge is 2.33. The number of aromatic amines is 1. The predicted octanol–water partition coefficient (Wildman–Crippen LogP) is 4.68. The van der Waals surface area contributed by atoms with Gasteiger partial charge in [-0.15, -0.1) is 0 Å². The summed E-state index contributed by atoms with van der Waals surface area (Å²) >= 11 is 3.30.